The lowest BCUT2D eigenvalue weighted by molar-refractivity contribution is -0.517. The van der Waals surface area contributed by atoms with E-state index in [0.29, 0.717) is 12.1 Å². The van der Waals surface area contributed by atoms with E-state index in [1.54, 1.807) is 19.3 Å². The van der Waals surface area contributed by atoms with Crippen molar-refractivity contribution in [3.05, 3.63) is 34.4 Å². The van der Waals surface area contributed by atoms with Crippen LogP contribution in [-0.2, 0) is 6.42 Å². The molecule has 0 radical (unpaired) electrons. The second-order valence-corrected chi connectivity index (χ2v) is 2.54. The van der Waals surface area contributed by atoms with Gasteiger partial charge in [0.1, 0.15) is 0 Å². The molecule has 0 aliphatic heterocycles. The highest BCUT2D eigenvalue weighted by Gasteiger charge is 2.13. The van der Waals surface area contributed by atoms with E-state index in [-0.39, 0.29) is 4.92 Å². The number of nitro groups is 1. The van der Waals surface area contributed by atoms with E-state index < -0.39 is 6.04 Å². The minimum absolute atomic E-state index is 0.325. The zero-order valence-electron chi connectivity index (χ0n) is 6.67. The van der Waals surface area contributed by atoms with Gasteiger partial charge < -0.3 is 0 Å². The Morgan fingerprint density at radius 2 is 2.42 bits per heavy atom. The van der Waals surface area contributed by atoms with Gasteiger partial charge in [-0.25, -0.2) is 0 Å². The normalized spacial score (nSPS) is 12.4. The number of aromatic nitrogens is 2. The molecule has 64 valence electrons. The Bertz CT molecular complexity index is 263. The summed E-state index contributed by atoms with van der Waals surface area (Å²) >= 11 is 0. The van der Waals surface area contributed by atoms with Gasteiger partial charge in [-0.3, -0.25) is 20.1 Å². The lowest BCUT2D eigenvalue weighted by atomic mass is 10.2. The van der Waals surface area contributed by atoms with Crippen LogP contribution in [0, 0.1) is 10.1 Å². The predicted octanol–water partition coefficient (Wildman–Crippen LogP) is 0.684. The van der Waals surface area contributed by atoms with Crippen LogP contribution in [-0.4, -0.2) is 20.9 Å². The lowest BCUT2D eigenvalue weighted by Crippen LogP contribution is -2.18. The molecule has 1 rings (SSSR count). The van der Waals surface area contributed by atoms with Crippen LogP contribution in [0.5, 0.6) is 0 Å². The van der Waals surface area contributed by atoms with Crippen molar-refractivity contribution in [3.63, 3.8) is 0 Å². The molecule has 1 unspecified atom stereocenters. The Labute approximate surface area is 69.6 Å². The van der Waals surface area contributed by atoms with Crippen molar-refractivity contribution in [1.29, 1.82) is 0 Å². The predicted molar refractivity (Wildman–Crippen MR) is 42.2 cm³/mol. The highest BCUT2D eigenvalue weighted by atomic mass is 16.6. The largest absolute Gasteiger partial charge is 0.264 e. The fraction of sp³-hybridized carbons (Fsp3) is 0.429. The maximum Gasteiger partial charge on any atom is 0.215 e. The van der Waals surface area contributed by atoms with Crippen molar-refractivity contribution in [2.24, 2.45) is 0 Å². The molecule has 0 N–H and O–H groups in total. The first-order valence-corrected chi connectivity index (χ1v) is 3.58. The fourth-order valence-corrected chi connectivity index (χ4v) is 0.813. The third-order valence-corrected chi connectivity index (χ3v) is 1.48. The van der Waals surface area contributed by atoms with E-state index in [1.165, 1.54) is 6.20 Å². The van der Waals surface area contributed by atoms with Crippen molar-refractivity contribution < 1.29 is 4.92 Å². The molecular formula is C7H9N3O2. The minimum atomic E-state index is -0.596. The molecule has 0 aliphatic carbocycles. The monoisotopic (exact) mass is 167 g/mol. The number of hydrogen-bond acceptors (Lipinski definition) is 4. The van der Waals surface area contributed by atoms with Gasteiger partial charge in [-0.1, -0.05) is 0 Å². The molecule has 0 bridgehead atoms. The first-order valence-electron chi connectivity index (χ1n) is 3.58. The first kappa shape index (κ1) is 8.58. The molecule has 0 amide bonds. The van der Waals surface area contributed by atoms with Crippen molar-refractivity contribution >= 4 is 0 Å². The topological polar surface area (TPSA) is 68.9 Å². The molecule has 12 heavy (non-hydrogen) atoms. The Balaban J connectivity index is 2.58. The van der Waals surface area contributed by atoms with E-state index in [4.69, 9.17) is 0 Å². The lowest BCUT2D eigenvalue weighted by Gasteiger charge is -2.01. The quantitative estimate of drug-likeness (QED) is 0.490. The number of rotatable bonds is 3. The van der Waals surface area contributed by atoms with Crippen LogP contribution in [0.3, 0.4) is 0 Å². The van der Waals surface area contributed by atoms with Crippen LogP contribution in [0.15, 0.2) is 18.6 Å². The average Bonchev–Trinajstić information content (AvgIpc) is 2.06. The van der Waals surface area contributed by atoms with Crippen LogP contribution in [0.4, 0.5) is 0 Å². The van der Waals surface area contributed by atoms with Gasteiger partial charge in [0.2, 0.25) is 6.04 Å². The molecule has 1 atom stereocenters. The molecule has 0 aliphatic rings. The molecule has 1 aromatic rings. The molecule has 0 saturated heterocycles. The number of hydrogen-bond donors (Lipinski definition) is 0. The smallest absolute Gasteiger partial charge is 0.215 e. The highest BCUT2D eigenvalue weighted by Crippen LogP contribution is 1.99. The van der Waals surface area contributed by atoms with Crippen molar-refractivity contribution in [2.75, 3.05) is 0 Å². The second kappa shape index (κ2) is 3.75. The molecule has 0 spiro atoms. The third-order valence-electron chi connectivity index (χ3n) is 1.48. The first-order chi connectivity index (χ1) is 5.70. The van der Waals surface area contributed by atoms with Gasteiger partial charge >= 0.3 is 0 Å². The third kappa shape index (κ3) is 2.26. The average molecular weight is 167 g/mol. The summed E-state index contributed by atoms with van der Waals surface area (Å²) < 4.78 is 0. The molecule has 0 aromatic carbocycles. The molecule has 0 saturated carbocycles. The summed E-state index contributed by atoms with van der Waals surface area (Å²) in [4.78, 5) is 17.7. The van der Waals surface area contributed by atoms with Crippen molar-refractivity contribution in [3.8, 4) is 0 Å². The zero-order valence-corrected chi connectivity index (χ0v) is 6.67. The highest BCUT2D eigenvalue weighted by molar-refractivity contribution is 4.95. The summed E-state index contributed by atoms with van der Waals surface area (Å²) in [6.07, 6.45) is 4.95. The zero-order chi connectivity index (χ0) is 8.97. The van der Waals surface area contributed by atoms with Gasteiger partial charge in [0.15, 0.2) is 0 Å². The van der Waals surface area contributed by atoms with Crippen LogP contribution in [0.1, 0.15) is 12.6 Å². The van der Waals surface area contributed by atoms with Gasteiger partial charge in [0.05, 0.1) is 12.1 Å². The molecule has 1 heterocycles. The van der Waals surface area contributed by atoms with E-state index in [1.807, 2.05) is 0 Å². The summed E-state index contributed by atoms with van der Waals surface area (Å²) in [7, 11) is 0. The molecule has 1 aromatic heterocycles. The molecule has 5 nitrogen and oxygen atoms in total. The molecular weight excluding hydrogens is 158 g/mol. The van der Waals surface area contributed by atoms with E-state index in [2.05, 4.69) is 9.97 Å². The Hall–Kier alpha value is -1.52. The van der Waals surface area contributed by atoms with E-state index in [9.17, 15) is 10.1 Å². The van der Waals surface area contributed by atoms with E-state index in [0.717, 1.165) is 0 Å². The van der Waals surface area contributed by atoms with Crippen molar-refractivity contribution in [2.45, 2.75) is 19.4 Å². The summed E-state index contributed by atoms with van der Waals surface area (Å²) in [5, 5.41) is 10.3. The van der Waals surface area contributed by atoms with Crippen molar-refractivity contribution in [1.82, 2.24) is 9.97 Å². The van der Waals surface area contributed by atoms with Gasteiger partial charge in [-0.15, -0.1) is 0 Å². The maximum atomic E-state index is 10.3. The summed E-state index contributed by atoms with van der Waals surface area (Å²) in [5.41, 5.74) is 0.654. The molecule has 5 heteroatoms. The molecule has 0 fully saturated rings. The van der Waals surface area contributed by atoms with Crippen LogP contribution in [0.25, 0.3) is 0 Å². The Morgan fingerprint density at radius 3 is 2.92 bits per heavy atom. The van der Waals surface area contributed by atoms with E-state index >= 15 is 0 Å². The maximum absolute atomic E-state index is 10.3. The summed E-state index contributed by atoms with van der Waals surface area (Å²) in [6, 6.07) is -0.596. The summed E-state index contributed by atoms with van der Waals surface area (Å²) in [5.74, 6) is 0. The SMILES string of the molecule is CC(Cc1cnccn1)[N+](=O)[O-]. The van der Waals surface area contributed by atoms with Gasteiger partial charge in [0, 0.05) is 30.4 Å². The standard InChI is InChI=1S/C7H9N3O2/c1-6(10(11)12)4-7-5-8-2-3-9-7/h2-3,5-6H,4H2,1H3. The van der Waals surface area contributed by atoms with Gasteiger partial charge in [-0.2, -0.15) is 0 Å². The van der Waals surface area contributed by atoms with Crippen LogP contribution >= 0.6 is 0 Å². The summed E-state index contributed by atoms with van der Waals surface area (Å²) in [6.45, 7) is 1.55. The second-order valence-electron chi connectivity index (χ2n) is 2.54. The van der Waals surface area contributed by atoms with Gasteiger partial charge in [0.25, 0.3) is 0 Å². The fourth-order valence-electron chi connectivity index (χ4n) is 0.813. The Kier molecular flexibility index (Phi) is 2.68. The van der Waals surface area contributed by atoms with Crippen LogP contribution in [0.2, 0.25) is 0 Å². The number of nitrogens with zero attached hydrogens (tertiary/aromatic N) is 3. The minimum Gasteiger partial charge on any atom is -0.264 e. The Morgan fingerprint density at radius 1 is 1.67 bits per heavy atom. The van der Waals surface area contributed by atoms with Crippen LogP contribution < -0.4 is 0 Å². The van der Waals surface area contributed by atoms with Gasteiger partial charge in [-0.05, 0) is 0 Å².